The molecule has 1 aromatic rings. The molecule has 4 rings (SSSR count). The van der Waals surface area contributed by atoms with E-state index in [1.807, 2.05) is 13.8 Å². The highest BCUT2D eigenvalue weighted by Crippen LogP contribution is 2.63. The number of carbonyl (C=O) groups excluding carboxylic acids is 3. The highest BCUT2D eigenvalue weighted by Gasteiger charge is 2.78. The number of aliphatic hydroxyl groups is 1. The molecular formula is C23H29ClN2O6. The van der Waals surface area contributed by atoms with Crippen molar-refractivity contribution in [3.8, 4) is 0 Å². The number of hydrogen-bond acceptors (Lipinski definition) is 6. The minimum absolute atomic E-state index is 0.192. The number of esters is 1. The molecule has 1 aromatic carbocycles. The molecule has 9 heteroatoms. The zero-order valence-corrected chi connectivity index (χ0v) is 19.2. The molecule has 8 nitrogen and oxygen atoms in total. The molecule has 3 aliphatic rings. The first-order valence-electron chi connectivity index (χ1n) is 11.1. The fourth-order valence-electron chi connectivity index (χ4n) is 5.80. The third-order valence-electron chi connectivity index (χ3n) is 7.19. The number of nitrogens with zero attached hydrogens (tertiary/aromatic N) is 1. The second kappa shape index (κ2) is 8.32. The van der Waals surface area contributed by atoms with Gasteiger partial charge in [-0.3, -0.25) is 14.4 Å². The quantitative estimate of drug-likeness (QED) is 0.600. The minimum atomic E-state index is -1.15. The van der Waals surface area contributed by atoms with E-state index >= 15 is 0 Å². The molecule has 6 atom stereocenters. The number of amides is 2. The van der Waals surface area contributed by atoms with Crippen LogP contribution in [0.1, 0.15) is 40.0 Å². The minimum Gasteiger partial charge on any atom is -0.466 e. The molecule has 2 amide bonds. The molecular weight excluding hydrogens is 436 g/mol. The van der Waals surface area contributed by atoms with Crippen molar-refractivity contribution < 1.29 is 29.0 Å². The van der Waals surface area contributed by atoms with Crippen LogP contribution in [0.3, 0.4) is 0 Å². The molecule has 0 radical (unpaired) electrons. The summed E-state index contributed by atoms with van der Waals surface area (Å²) in [7, 11) is 0. The lowest BCUT2D eigenvalue weighted by Crippen LogP contribution is -2.56. The van der Waals surface area contributed by atoms with Crippen LogP contribution in [0.5, 0.6) is 0 Å². The summed E-state index contributed by atoms with van der Waals surface area (Å²) in [5.41, 5.74) is -1.50. The standard InChI is InChI=1S/C23H29ClN2O6/c1-4-15(12-27)26-18(19(28)25-14-8-6-13(24)7-9-14)23-11-10-22(3,32-23)17(16(23)20(26)29)21(30)31-5-2/h6-9,15-18,27H,4-5,10-12H2,1-3H3,(H,25,28)/t15-,16-,17+,18?,22-,23?/m0/s1. The molecule has 3 heterocycles. The number of rotatable bonds is 7. The van der Waals surface area contributed by atoms with Crippen molar-refractivity contribution in [2.75, 3.05) is 18.5 Å². The van der Waals surface area contributed by atoms with Crippen LogP contribution in [0.2, 0.25) is 5.02 Å². The Hall–Kier alpha value is -2.16. The number of fused-ring (bicyclic) bond motifs is 1. The lowest BCUT2D eigenvalue weighted by Gasteiger charge is -2.36. The van der Waals surface area contributed by atoms with Crippen molar-refractivity contribution >= 4 is 35.1 Å². The van der Waals surface area contributed by atoms with Crippen LogP contribution in [0, 0.1) is 11.8 Å². The van der Waals surface area contributed by atoms with Crippen LogP contribution < -0.4 is 5.32 Å². The van der Waals surface area contributed by atoms with Gasteiger partial charge in [-0.05, 0) is 57.4 Å². The number of likely N-dealkylation sites (tertiary alicyclic amines) is 1. The molecule has 0 aliphatic carbocycles. The zero-order valence-electron chi connectivity index (χ0n) is 18.5. The van der Waals surface area contributed by atoms with Gasteiger partial charge in [0.15, 0.2) is 0 Å². The first-order chi connectivity index (χ1) is 15.2. The molecule has 3 aliphatic heterocycles. The Balaban J connectivity index is 1.76. The van der Waals surface area contributed by atoms with Gasteiger partial charge < -0.3 is 24.8 Å². The second-order valence-electron chi connectivity index (χ2n) is 8.97. The van der Waals surface area contributed by atoms with Gasteiger partial charge >= 0.3 is 5.97 Å². The molecule has 2 bridgehead atoms. The van der Waals surface area contributed by atoms with Crippen LogP contribution in [0.25, 0.3) is 0 Å². The summed E-state index contributed by atoms with van der Waals surface area (Å²) in [5.74, 6) is -2.87. The van der Waals surface area contributed by atoms with E-state index in [-0.39, 0.29) is 19.1 Å². The lowest BCUT2D eigenvalue weighted by atomic mass is 9.66. The van der Waals surface area contributed by atoms with Gasteiger partial charge in [-0.2, -0.15) is 0 Å². The van der Waals surface area contributed by atoms with Gasteiger partial charge in [-0.25, -0.2) is 0 Å². The number of anilines is 1. The molecule has 2 N–H and O–H groups in total. The van der Waals surface area contributed by atoms with E-state index in [9.17, 15) is 19.5 Å². The fourth-order valence-corrected chi connectivity index (χ4v) is 5.93. The Morgan fingerprint density at radius 3 is 2.59 bits per heavy atom. The summed E-state index contributed by atoms with van der Waals surface area (Å²) in [6.45, 7) is 5.27. The third-order valence-corrected chi connectivity index (χ3v) is 7.44. The zero-order chi connectivity index (χ0) is 23.3. The maximum atomic E-state index is 13.7. The highest BCUT2D eigenvalue weighted by atomic mass is 35.5. The number of nitrogens with one attached hydrogen (secondary N) is 1. The SMILES string of the molecule is CCOC(=O)[C@H]1[C@H]2C(=O)N([C@@H](CC)CO)C(C(=O)Nc3ccc(Cl)cc3)C23CC[C@]1(C)O3. The normalized spacial score (nSPS) is 33.8. The van der Waals surface area contributed by atoms with E-state index in [4.69, 9.17) is 21.1 Å². The Kier molecular flexibility index (Phi) is 5.98. The van der Waals surface area contributed by atoms with Gasteiger partial charge in [0, 0.05) is 10.7 Å². The Morgan fingerprint density at radius 1 is 1.31 bits per heavy atom. The van der Waals surface area contributed by atoms with Crippen LogP contribution >= 0.6 is 11.6 Å². The molecule has 174 valence electrons. The number of ether oxygens (including phenoxy) is 2. The van der Waals surface area contributed by atoms with E-state index in [0.717, 1.165) is 0 Å². The van der Waals surface area contributed by atoms with Crippen LogP contribution in [0.15, 0.2) is 24.3 Å². The Labute approximate surface area is 192 Å². The summed E-state index contributed by atoms with van der Waals surface area (Å²) in [4.78, 5) is 41.7. The predicted octanol–water partition coefficient (Wildman–Crippen LogP) is 2.38. The average Bonchev–Trinajstić information content (AvgIpc) is 3.32. The van der Waals surface area contributed by atoms with Crippen molar-refractivity contribution in [2.45, 2.75) is 63.3 Å². The largest absolute Gasteiger partial charge is 0.466 e. The van der Waals surface area contributed by atoms with E-state index in [1.54, 1.807) is 31.2 Å². The topological polar surface area (TPSA) is 105 Å². The maximum Gasteiger partial charge on any atom is 0.312 e. The first kappa shape index (κ1) is 23.0. The smallest absolute Gasteiger partial charge is 0.312 e. The average molecular weight is 465 g/mol. The Morgan fingerprint density at radius 2 is 2.00 bits per heavy atom. The van der Waals surface area contributed by atoms with Crippen LogP contribution in [-0.4, -0.2) is 64.3 Å². The van der Waals surface area contributed by atoms with Gasteiger partial charge in [0.2, 0.25) is 11.8 Å². The van der Waals surface area contributed by atoms with Crippen molar-refractivity contribution in [2.24, 2.45) is 11.8 Å². The molecule has 3 fully saturated rings. The number of benzene rings is 1. The highest BCUT2D eigenvalue weighted by molar-refractivity contribution is 6.30. The second-order valence-corrected chi connectivity index (χ2v) is 9.40. The van der Waals surface area contributed by atoms with E-state index in [2.05, 4.69) is 5.32 Å². The molecule has 3 saturated heterocycles. The molecule has 1 spiro atoms. The van der Waals surface area contributed by atoms with Crippen molar-refractivity contribution in [3.63, 3.8) is 0 Å². The van der Waals surface area contributed by atoms with E-state index < -0.39 is 47.0 Å². The van der Waals surface area contributed by atoms with Crippen LogP contribution in [-0.2, 0) is 23.9 Å². The number of hydrogen-bond donors (Lipinski definition) is 2. The summed E-state index contributed by atoms with van der Waals surface area (Å²) >= 11 is 5.95. The van der Waals surface area contributed by atoms with E-state index in [1.165, 1.54) is 4.90 Å². The summed E-state index contributed by atoms with van der Waals surface area (Å²) in [5, 5.41) is 13.4. The lowest BCUT2D eigenvalue weighted by molar-refractivity contribution is -0.160. The van der Waals surface area contributed by atoms with E-state index in [0.29, 0.717) is 30.0 Å². The van der Waals surface area contributed by atoms with Crippen molar-refractivity contribution in [1.82, 2.24) is 4.90 Å². The van der Waals surface area contributed by atoms with Gasteiger partial charge in [0.25, 0.3) is 0 Å². The molecule has 0 saturated carbocycles. The van der Waals surface area contributed by atoms with Gasteiger partial charge in [-0.15, -0.1) is 0 Å². The molecule has 32 heavy (non-hydrogen) atoms. The first-order valence-corrected chi connectivity index (χ1v) is 11.5. The van der Waals surface area contributed by atoms with Gasteiger partial charge in [-0.1, -0.05) is 18.5 Å². The molecule has 2 unspecified atom stereocenters. The number of carbonyl (C=O) groups is 3. The third kappa shape index (κ3) is 3.31. The monoisotopic (exact) mass is 464 g/mol. The van der Waals surface area contributed by atoms with Crippen LogP contribution in [0.4, 0.5) is 5.69 Å². The molecule has 0 aromatic heterocycles. The summed E-state index contributed by atoms with van der Waals surface area (Å²) in [6.07, 6.45) is 1.46. The summed E-state index contributed by atoms with van der Waals surface area (Å²) < 4.78 is 11.8. The Bertz CT molecular complexity index is 920. The number of halogens is 1. The van der Waals surface area contributed by atoms with Crippen molar-refractivity contribution in [3.05, 3.63) is 29.3 Å². The fraction of sp³-hybridized carbons (Fsp3) is 0.609. The summed E-state index contributed by atoms with van der Waals surface area (Å²) in [6, 6.07) is 5.13. The number of aliphatic hydroxyl groups excluding tert-OH is 1. The van der Waals surface area contributed by atoms with Gasteiger partial charge in [0.05, 0.1) is 30.8 Å². The van der Waals surface area contributed by atoms with Gasteiger partial charge in [0.1, 0.15) is 17.6 Å². The predicted molar refractivity (Wildman–Crippen MR) is 117 cm³/mol. The van der Waals surface area contributed by atoms with Crippen molar-refractivity contribution in [1.29, 1.82) is 0 Å². The maximum absolute atomic E-state index is 13.7.